The van der Waals surface area contributed by atoms with Crippen molar-refractivity contribution in [3.05, 3.63) is 35.1 Å². The minimum absolute atomic E-state index is 0.0414. The third-order valence-corrected chi connectivity index (χ3v) is 2.32. The molecule has 0 aliphatic heterocycles. The number of hydrogen-bond donors (Lipinski definition) is 0. The van der Waals surface area contributed by atoms with Crippen LogP contribution in [0.15, 0.2) is 18.2 Å². The molecule has 1 rings (SSSR count). The van der Waals surface area contributed by atoms with Gasteiger partial charge in [0.05, 0.1) is 5.75 Å². The van der Waals surface area contributed by atoms with E-state index in [4.69, 9.17) is 0 Å². The van der Waals surface area contributed by atoms with Crippen molar-refractivity contribution in [3.8, 4) is 11.8 Å². The Morgan fingerprint density at radius 3 is 2.80 bits per heavy atom. The molecule has 15 heavy (non-hydrogen) atoms. The molecule has 0 N–H and O–H groups in total. The second kappa shape index (κ2) is 5.57. The molecular weight excluding hydrogens is 211 g/mol. The highest BCUT2D eigenvalue weighted by Crippen LogP contribution is 2.07. The van der Waals surface area contributed by atoms with Gasteiger partial charge in [0.15, 0.2) is 5.12 Å². The third-order valence-electron chi connectivity index (χ3n) is 1.62. The highest BCUT2D eigenvalue weighted by molar-refractivity contribution is 8.13. The molecular formula is C12H11FOS. The highest BCUT2D eigenvalue weighted by Gasteiger charge is 1.94. The van der Waals surface area contributed by atoms with Crippen LogP contribution in [0.5, 0.6) is 0 Å². The SMILES string of the molecule is CC(=O)SCC#Cc1cc(C)cc(F)c1. The second-order valence-electron chi connectivity index (χ2n) is 3.10. The van der Waals surface area contributed by atoms with E-state index in [9.17, 15) is 9.18 Å². The largest absolute Gasteiger partial charge is 0.288 e. The van der Waals surface area contributed by atoms with Crippen molar-refractivity contribution in [3.63, 3.8) is 0 Å². The Bertz CT molecular complexity index is 409. The molecule has 3 heteroatoms. The Labute approximate surface area is 93.1 Å². The van der Waals surface area contributed by atoms with E-state index in [2.05, 4.69) is 11.8 Å². The van der Waals surface area contributed by atoms with Crippen LogP contribution in [0.2, 0.25) is 0 Å². The van der Waals surface area contributed by atoms with Gasteiger partial charge in [-0.15, -0.1) is 0 Å². The van der Waals surface area contributed by atoms with Gasteiger partial charge in [0.1, 0.15) is 5.82 Å². The minimum atomic E-state index is -0.279. The maximum absolute atomic E-state index is 12.9. The van der Waals surface area contributed by atoms with Crippen molar-refractivity contribution in [1.82, 2.24) is 0 Å². The van der Waals surface area contributed by atoms with Crippen LogP contribution in [0, 0.1) is 24.6 Å². The molecule has 0 heterocycles. The first-order valence-corrected chi connectivity index (χ1v) is 5.46. The van der Waals surface area contributed by atoms with E-state index in [0.717, 1.165) is 17.3 Å². The smallest absolute Gasteiger partial charge is 0.186 e. The summed E-state index contributed by atoms with van der Waals surface area (Å²) in [5, 5.41) is 0.0414. The van der Waals surface area contributed by atoms with Crippen LogP contribution in [0.3, 0.4) is 0 Å². The van der Waals surface area contributed by atoms with Gasteiger partial charge >= 0.3 is 0 Å². The topological polar surface area (TPSA) is 17.1 Å². The van der Waals surface area contributed by atoms with E-state index in [1.165, 1.54) is 19.1 Å². The molecule has 0 saturated carbocycles. The average Bonchev–Trinajstić information content (AvgIpc) is 2.10. The lowest BCUT2D eigenvalue weighted by Crippen LogP contribution is -1.84. The molecule has 0 unspecified atom stereocenters. The van der Waals surface area contributed by atoms with Crippen LogP contribution >= 0.6 is 11.8 Å². The maximum atomic E-state index is 12.9. The number of halogens is 1. The van der Waals surface area contributed by atoms with Crippen LogP contribution in [0.25, 0.3) is 0 Å². The molecule has 0 spiro atoms. The summed E-state index contributed by atoms with van der Waals surface area (Å²) in [6, 6.07) is 4.66. The van der Waals surface area contributed by atoms with Crippen LogP contribution in [0.1, 0.15) is 18.1 Å². The van der Waals surface area contributed by atoms with E-state index < -0.39 is 0 Å². The van der Waals surface area contributed by atoms with Crippen molar-refractivity contribution in [2.75, 3.05) is 5.75 Å². The molecule has 1 aromatic carbocycles. The molecule has 0 atom stereocenters. The zero-order chi connectivity index (χ0) is 11.3. The number of thioether (sulfide) groups is 1. The van der Waals surface area contributed by atoms with Crippen molar-refractivity contribution in [1.29, 1.82) is 0 Å². The molecule has 0 radical (unpaired) electrons. The second-order valence-corrected chi connectivity index (χ2v) is 4.25. The summed E-state index contributed by atoms with van der Waals surface area (Å²) in [7, 11) is 0. The summed E-state index contributed by atoms with van der Waals surface area (Å²) in [6.07, 6.45) is 0. The predicted octanol–water partition coefficient (Wildman–Crippen LogP) is 2.77. The van der Waals surface area contributed by atoms with Crippen molar-refractivity contribution >= 4 is 16.9 Å². The highest BCUT2D eigenvalue weighted by atomic mass is 32.2. The van der Waals surface area contributed by atoms with Gasteiger partial charge in [-0.3, -0.25) is 4.79 Å². The number of hydrogen-bond acceptors (Lipinski definition) is 2. The fraction of sp³-hybridized carbons (Fsp3) is 0.250. The lowest BCUT2D eigenvalue weighted by atomic mass is 10.1. The predicted molar refractivity (Wildman–Crippen MR) is 61.2 cm³/mol. The van der Waals surface area contributed by atoms with Crippen LogP contribution in [-0.2, 0) is 4.79 Å². The van der Waals surface area contributed by atoms with E-state index in [1.807, 2.05) is 13.0 Å². The van der Waals surface area contributed by atoms with E-state index in [0.29, 0.717) is 11.3 Å². The fourth-order valence-corrected chi connectivity index (χ4v) is 1.43. The Balaban J connectivity index is 2.67. The molecule has 0 amide bonds. The number of benzene rings is 1. The monoisotopic (exact) mass is 222 g/mol. The van der Waals surface area contributed by atoms with Gasteiger partial charge in [0, 0.05) is 12.5 Å². The van der Waals surface area contributed by atoms with Gasteiger partial charge < -0.3 is 0 Å². The summed E-state index contributed by atoms with van der Waals surface area (Å²) in [5.74, 6) is 5.80. The zero-order valence-corrected chi connectivity index (χ0v) is 9.45. The lowest BCUT2D eigenvalue weighted by Gasteiger charge is -1.94. The third kappa shape index (κ3) is 4.66. The fourth-order valence-electron chi connectivity index (χ4n) is 1.08. The molecule has 0 bridgehead atoms. The van der Waals surface area contributed by atoms with Gasteiger partial charge in [-0.2, -0.15) is 0 Å². The Morgan fingerprint density at radius 2 is 2.20 bits per heavy atom. The Hall–Kier alpha value is -1.27. The number of aryl methyl sites for hydroxylation is 1. The first-order valence-electron chi connectivity index (χ1n) is 4.47. The Kier molecular flexibility index (Phi) is 4.38. The van der Waals surface area contributed by atoms with Gasteiger partial charge in [-0.25, -0.2) is 4.39 Å². The van der Waals surface area contributed by atoms with E-state index in [-0.39, 0.29) is 10.9 Å². The molecule has 1 nitrogen and oxygen atoms in total. The lowest BCUT2D eigenvalue weighted by molar-refractivity contribution is -0.109. The van der Waals surface area contributed by atoms with Crippen molar-refractivity contribution in [2.24, 2.45) is 0 Å². The van der Waals surface area contributed by atoms with Crippen LogP contribution < -0.4 is 0 Å². The minimum Gasteiger partial charge on any atom is -0.288 e. The van der Waals surface area contributed by atoms with Gasteiger partial charge in [-0.05, 0) is 30.7 Å². The zero-order valence-electron chi connectivity index (χ0n) is 8.63. The van der Waals surface area contributed by atoms with Gasteiger partial charge in [0.25, 0.3) is 0 Å². The van der Waals surface area contributed by atoms with Gasteiger partial charge in [0.2, 0.25) is 0 Å². The molecule has 78 valence electrons. The normalized spacial score (nSPS) is 9.27. The molecule has 1 aromatic rings. The molecule has 0 aromatic heterocycles. The summed E-state index contributed by atoms with van der Waals surface area (Å²) in [6.45, 7) is 3.32. The van der Waals surface area contributed by atoms with E-state index in [1.54, 1.807) is 0 Å². The Morgan fingerprint density at radius 1 is 1.47 bits per heavy atom. The quantitative estimate of drug-likeness (QED) is 0.680. The summed E-state index contributed by atoms with van der Waals surface area (Å²) >= 11 is 1.15. The molecule has 0 aliphatic carbocycles. The van der Waals surface area contributed by atoms with Gasteiger partial charge in [-0.1, -0.05) is 23.6 Å². The maximum Gasteiger partial charge on any atom is 0.186 e. The molecule has 0 saturated heterocycles. The summed E-state index contributed by atoms with van der Waals surface area (Å²) in [5.41, 5.74) is 1.50. The standard InChI is InChI=1S/C12H11FOS/c1-9-6-11(8-12(13)7-9)4-3-5-15-10(2)14/h6-8H,5H2,1-2H3. The van der Waals surface area contributed by atoms with Crippen molar-refractivity contribution < 1.29 is 9.18 Å². The van der Waals surface area contributed by atoms with Crippen LogP contribution in [0.4, 0.5) is 4.39 Å². The number of rotatable bonds is 1. The first kappa shape index (κ1) is 11.8. The number of carbonyl (C=O) groups excluding carboxylic acids is 1. The first-order chi connectivity index (χ1) is 7.08. The molecule has 0 aliphatic rings. The van der Waals surface area contributed by atoms with Crippen molar-refractivity contribution in [2.45, 2.75) is 13.8 Å². The summed E-state index contributed by atoms with van der Waals surface area (Å²) < 4.78 is 12.9. The average molecular weight is 222 g/mol. The number of carbonyl (C=O) groups is 1. The molecule has 0 fully saturated rings. The van der Waals surface area contributed by atoms with E-state index >= 15 is 0 Å². The van der Waals surface area contributed by atoms with Crippen LogP contribution in [-0.4, -0.2) is 10.9 Å². The summed E-state index contributed by atoms with van der Waals surface area (Å²) in [4.78, 5) is 10.6.